The molecule has 15 heavy (non-hydrogen) atoms. The lowest BCUT2D eigenvalue weighted by Gasteiger charge is -2.09. The predicted octanol–water partition coefficient (Wildman–Crippen LogP) is 1.93. The molecule has 1 aliphatic carbocycles. The molecule has 0 atom stereocenters. The largest absolute Gasteiger partial charge is 0.389 e. The zero-order valence-electron chi connectivity index (χ0n) is 8.57. The molecule has 1 fully saturated rings. The zero-order valence-corrected chi connectivity index (χ0v) is 9.39. The van der Waals surface area contributed by atoms with Crippen molar-refractivity contribution in [2.45, 2.75) is 19.3 Å². The van der Waals surface area contributed by atoms with E-state index in [2.05, 4.69) is 10.3 Å². The fourth-order valence-corrected chi connectivity index (χ4v) is 1.75. The summed E-state index contributed by atoms with van der Waals surface area (Å²) in [5.74, 6) is 0.933. The van der Waals surface area contributed by atoms with Crippen LogP contribution in [0.25, 0.3) is 0 Å². The van der Waals surface area contributed by atoms with Crippen LogP contribution < -0.4 is 11.1 Å². The van der Waals surface area contributed by atoms with Crippen molar-refractivity contribution in [2.75, 3.05) is 11.9 Å². The second-order valence-electron chi connectivity index (χ2n) is 3.94. The first-order chi connectivity index (χ1) is 7.27. The van der Waals surface area contributed by atoms with Crippen molar-refractivity contribution in [1.29, 1.82) is 0 Å². The topological polar surface area (TPSA) is 50.9 Å². The highest BCUT2D eigenvalue weighted by atomic mass is 32.1. The van der Waals surface area contributed by atoms with Crippen molar-refractivity contribution in [3.8, 4) is 0 Å². The highest BCUT2D eigenvalue weighted by molar-refractivity contribution is 7.80. The molecular weight excluding hydrogens is 206 g/mol. The van der Waals surface area contributed by atoms with Crippen LogP contribution in [0.5, 0.6) is 0 Å². The van der Waals surface area contributed by atoms with Gasteiger partial charge in [-0.05, 0) is 18.4 Å². The molecule has 2 rings (SSSR count). The van der Waals surface area contributed by atoms with Crippen molar-refractivity contribution >= 4 is 22.9 Å². The molecule has 3 nitrogen and oxygen atoms in total. The minimum atomic E-state index is 0.423. The lowest BCUT2D eigenvalue weighted by molar-refractivity contribution is 0.760. The first-order valence-corrected chi connectivity index (χ1v) is 5.66. The van der Waals surface area contributed by atoms with E-state index in [1.165, 1.54) is 19.3 Å². The molecule has 1 aromatic heterocycles. The molecule has 0 bridgehead atoms. The first kappa shape index (κ1) is 10.4. The summed E-state index contributed by atoms with van der Waals surface area (Å²) in [6, 6.07) is 1.85. The van der Waals surface area contributed by atoms with E-state index in [1.807, 2.05) is 6.07 Å². The maximum atomic E-state index is 5.62. The molecule has 1 aliphatic rings. The smallest absolute Gasteiger partial charge is 0.106 e. The summed E-state index contributed by atoms with van der Waals surface area (Å²) in [7, 11) is 0. The summed E-state index contributed by atoms with van der Waals surface area (Å²) in [4.78, 5) is 4.49. The van der Waals surface area contributed by atoms with Crippen molar-refractivity contribution < 1.29 is 0 Å². The van der Waals surface area contributed by atoms with Gasteiger partial charge in [0.05, 0.1) is 11.9 Å². The summed E-state index contributed by atoms with van der Waals surface area (Å²) in [5.41, 5.74) is 7.46. The SMILES string of the molecule is NC(=S)c1ccncc1NCCC1CC1. The van der Waals surface area contributed by atoms with Gasteiger partial charge < -0.3 is 11.1 Å². The third kappa shape index (κ3) is 2.89. The Balaban J connectivity index is 1.95. The van der Waals surface area contributed by atoms with E-state index in [0.29, 0.717) is 4.99 Å². The van der Waals surface area contributed by atoms with Crippen LogP contribution in [-0.4, -0.2) is 16.5 Å². The predicted molar refractivity (Wildman–Crippen MR) is 66.0 cm³/mol. The molecule has 3 N–H and O–H groups in total. The Kier molecular flexibility index (Phi) is 3.16. The molecule has 0 aromatic carbocycles. The highest BCUT2D eigenvalue weighted by Crippen LogP contribution is 2.32. The quantitative estimate of drug-likeness (QED) is 0.746. The Hall–Kier alpha value is -1.16. The van der Waals surface area contributed by atoms with E-state index in [4.69, 9.17) is 18.0 Å². The van der Waals surface area contributed by atoms with Crippen LogP contribution in [-0.2, 0) is 0 Å². The molecule has 80 valence electrons. The molecule has 4 heteroatoms. The van der Waals surface area contributed by atoms with Crippen LogP contribution in [0.2, 0.25) is 0 Å². The van der Waals surface area contributed by atoms with Gasteiger partial charge in [-0.2, -0.15) is 0 Å². The average Bonchev–Trinajstić information content (AvgIpc) is 3.02. The molecule has 0 radical (unpaired) electrons. The van der Waals surface area contributed by atoms with E-state index in [9.17, 15) is 0 Å². The van der Waals surface area contributed by atoms with E-state index < -0.39 is 0 Å². The van der Waals surface area contributed by atoms with Gasteiger partial charge in [-0.15, -0.1) is 0 Å². The molecule has 1 aromatic rings. The number of hydrogen-bond acceptors (Lipinski definition) is 3. The molecule has 0 amide bonds. The van der Waals surface area contributed by atoms with Gasteiger partial charge in [0.15, 0.2) is 0 Å². The Morgan fingerprint density at radius 1 is 1.60 bits per heavy atom. The second kappa shape index (κ2) is 4.57. The number of nitrogens with zero attached hydrogens (tertiary/aromatic N) is 1. The Morgan fingerprint density at radius 2 is 2.40 bits per heavy atom. The average molecular weight is 221 g/mol. The van der Waals surface area contributed by atoms with Gasteiger partial charge in [0, 0.05) is 18.3 Å². The molecule has 0 saturated heterocycles. The number of hydrogen-bond donors (Lipinski definition) is 2. The Labute approximate surface area is 95.1 Å². The van der Waals surface area contributed by atoms with Crippen LogP contribution in [0, 0.1) is 5.92 Å². The van der Waals surface area contributed by atoms with Gasteiger partial charge in [0.25, 0.3) is 0 Å². The Bertz CT molecular complexity index is 361. The fourth-order valence-electron chi connectivity index (χ4n) is 1.57. The molecule has 0 unspecified atom stereocenters. The minimum Gasteiger partial charge on any atom is -0.389 e. The van der Waals surface area contributed by atoms with Gasteiger partial charge in [0.2, 0.25) is 0 Å². The maximum absolute atomic E-state index is 5.62. The van der Waals surface area contributed by atoms with Gasteiger partial charge >= 0.3 is 0 Å². The van der Waals surface area contributed by atoms with Crippen molar-refractivity contribution in [2.24, 2.45) is 11.7 Å². The standard InChI is InChI=1S/C11H15N3S/c12-11(15)9-4-5-13-7-10(9)14-6-3-8-1-2-8/h4-5,7-8,14H,1-3,6H2,(H2,12,15). The van der Waals surface area contributed by atoms with E-state index in [1.54, 1.807) is 12.4 Å². The van der Waals surface area contributed by atoms with Crippen LogP contribution in [0.15, 0.2) is 18.5 Å². The van der Waals surface area contributed by atoms with Crippen molar-refractivity contribution in [1.82, 2.24) is 4.98 Å². The summed E-state index contributed by atoms with van der Waals surface area (Å²) in [5, 5.41) is 3.34. The number of nitrogens with two attached hydrogens (primary N) is 1. The normalized spacial score (nSPS) is 14.9. The van der Waals surface area contributed by atoms with Crippen LogP contribution >= 0.6 is 12.2 Å². The van der Waals surface area contributed by atoms with Gasteiger partial charge in [-0.25, -0.2) is 0 Å². The summed E-state index contributed by atoms with van der Waals surface area (Å²) < 4.78 is 0. The molecule has 1 heterocycles. The highest BCUT2D eigenvalue weighted by Gasteiger charge is 2.20. The lowest BCUT2D eigenvalue weighted by atomic mass is 10.2. The van der Waals surface area contributed by atoms with Crippen molar-refractivity contribution in [3.63, 3.8) is 0 Å². The number of rotatable bonds is 5. The zero-order chi connectivity index (χ0) is 10.7. The Morgan fingerprint density at radius 3 is 3.07 bits per heavy atom. The van der Waals surface area contributed by atoms with E-state index >= 15 is 0 Å². The lowest BCUT2D eigenvalue weighted by Crippen LogP contribution is -2.14. The first-order valence-electron chi connectivity index (χ1n) is 5.25. The van der Waals surface area contributed by atoms with Crippen LogP contribution in [0.3, 0.4) is 0 Å². The molecule has 1 saturated carbocycles. The third-order valence-electron chi connectivity index (χ3n) is 2.65. The van der Waals surface area contributed by atoms with Crippen molar-refractivity contribution in [3.05, 3.63) is 24.0 Å². The molecule has 0 aliphatic heterocycles. The van der Waals surface area contributed by atoms with E-state index in [0.717, 1.165) is 23.7 Å². The number of thiocarbonyl (C=S) groups is 1. The minimum absolute atomic E-state index is 0.423. The molecule has 0 spiro atoms. The number of pyridine rings is 1. The fraction of sp³-hybridized carbons (Fsp3) is 0.455. The number of nitrogens with one attached hydrogen (secondary N) is 1. The molecular formula is C11H15N3S. The monoisotopic (exact) mass is 221 g/mol. The van der Waals surface area contributed by atoms with Crippen LogP contribution in [0.1, 0.15) is 24.8 Å². The second-order valence-corrected chi connectivity index (χ2v) is 4.38. The van der Waals surface area contributed by atoms with Gasteiger partial charge in [0.1, 0.15) is 4.99 Å². The third-order valence-corrected chi connectivity index (χ3v) is 2.87. The number of anilines is 1. The van der Waals surface area contributed by atoms with Crippen LogP contribution in [0.4, 0.5) is 5.69 Å². The van der Waals surface area contributed by atoms with E-state index in [-0.39, 0.29) is 0 Å². The van der Waals surface area contributed by atoms with Gasteiger partial charge in [-0.3, -0.25) is 4.98 Å². The summed E-state index contributed by atoms with van der Waals surface area (Å²) in [6.45, 7) is 0.978. The summed E-state index contributed by atoms with van der Waals surface area (Å²) in [6.07, 6.45) is 7.49. The maximum Gasteiger partial charge on any atom is 0.106 e. The van der Waals surface area contributed by atoms with Gasteiger partial charge in [-0.1, -0.05) is 25.1 Å². The summed E-state index contributed by atoms with van der Waals surface area (Å²) >= 11 is 4.97. The number of aromatic nitrogens is 1.